The molecule has 1 aromatic rings. The third kappa shape index (κ3) is 2.28. The second-order valence-corrected chi connectivity index (χ2v) is 3.57. The van der Waals surface area contributed by atoms with Gasteiger partial charge < -0.3 is 0 Å². The Balaban J connectivity index is 3.12. The quantitative estimate of drug-likeness (QED) is 0.779. The largest absolute Gasteiger partial charge is 0.250 e. The number of benzene rings is 1. The lowest BCUT2D eigenvalue weighted by Crippen LogP contribution is -1.98. The van der Waals surface area contributed by atoms with Crippen LogP contribution in [0.4, 0.5) is 4.39 Å². The molecule has 1 rings (SSSR count). The molecule has 1 nitrogen and oxygen atoms in total. The van der Waals surface area contributed by atoms with Crippen molar-refractivity contribution in [1.82, 2.24) is 0 Å². The van der Waals surface area contributed by atoms with Gasteiger partial charge in [0.1, 0.15) is 0 Å². The standard InChI is InChI=1S/C10H8BrFN/c1-7(5-12)9-4-8(6-13)2-3-10(9)11/h2-4H,5H2,1H3. The second-order valence-electron chi connectivity index (χ2n) is 2.72. The third-order valence-corrected chi connectivity index (χ3v) is 2.45. The molecule has 1 aromatic carbocycles. The molecule has 1 radical (unpaired) electrons. The summed E-state index contributed by atoms with van der Waals surface area (Å²) in [7, 11) is 0. The van der Waals surface area contributed by atoms with Crippen molar-refractivity contribution in [1.29, 1.82) is 5.26 Å². The molecule has 13 heavy (non-hydrogen) atoms. The van der Waals surface area contributed by atoms with Crippen LogP contribution in [0.1, 0.15) is 18.1 Å². The topological polar surface area (TPSA) is 23.8 Å². The predicted molar refractivity (Wildman–Crippen MR) is 52.9 cm³/mol. The van der Waals surface area contributed by atoms with Crippen LogP contribution in [0.15, 0.2) is 22.7 Å². The van der Waals surface area contributed by atoms with E-state index in [1.165, 1.54) is 0 Å². The minimum atomic E-state index is -0.493. The highest BCUT2D eigenvalue weighted by atomic mass is 79.9. The van der Waals surface area contributed by atoms with Crippen molar-refractivity contribution >= 4 is 15.9 Å². The lowest BCUT2D eigenvalue weighted by Gasteiger charge is -2.08. The minimum Gasteiger partial charge on any atom is -0.250 e. The molecule has 0 bridgehead atoms. The Morgan fingerprint density at radius 1 is 1.62 bits per heavy atom. The maximum Gasteiger partial charge on any atom is 0.0998 e. The van der Waals surface area contributed by atoms with Crippen molar-refractivity contribution < 1.29 is 4.39 Å². The zero-order valence-corrected chi connectivity index (χ0v) is 8.73. The molecule has 0 saturated heterocycles. The van der Waals surface area contributed by atoms with E-state index in [1.54, 1.807) is 25.1 Å². The highest BCUT2D eigenvalue weighted by molar-refractivity contribution is 9.10. The molecule has 0 heterocycles. The summed E-state index contributed by atoms with van der Waals surface area (Å²) >= 11 is 3.30. The average Bonchev–Trinajstić information content (AvgIpc) is 2.17. The van der Waals surface area contributed by atoms with Crippen LogP contribution in [0.5, 0.6) is 0 Å². The fourth-order valence-electron chi connectivity index (χ4n) is 0.994. The number of hydrogen-bond acceptors (Lipinski definition) is 1. The summed E-state index contributed by atoms with van der Waals surface area (Å²) < 4.78 is 13.2. The first-order chi connectivity index (χ1) is 6.19. The van der Waals surface area contributed by atoms with Gasteiger partial charge in [0, 0.05) is 10.4 Å². The molecule has 0 unspecified atom stereocenters. The van der Waals surface area contributed by atoms with E-state index in [0.717, 1.165) is 10.0 Å². The predicted octanol–water partition coefficient (Wildman–Crippen LogP) is 3.23. The first-order valence-corrected chi connectivity index (χ1v) is 4.56. The fraction of sp³-hybridized carbons (Fsp3) is 0.200. The molecule has 0 aliphatic rings. The Hall–Kier alpha value is -0.880. The molecular formula is C10H8BrFN. The van der Waals surface area contributed by atoms with E-state index >= 15 is 0 Å². The normalized spacial score (nSPS) is 10.1. The van der Waals surface area contributed by atoms with Gasteiger partial charge in [0.2, 0.25) is 0 Å². The van der Waals surface area contributed by atoms with Crippen LogP contribution < -0.4 is 0 Å². The Morgan fingerprint density at radius 3 is 2.85 bits per heavy atom. The van der Waals surface area contributed by atoms with Gasteiger partial charge in [-0.1, -0.05) is 22.9 Å². The van der Waals surface area contributed by atoms with Crippen molar-refractivity contribution in [2.75, 3.05) is 6.67 Å². The molecule has 0 fully saturated rings. The second kappa shape index (κ2) is 4.38. The molecule has 3 heteroatoms. The van der Waals surface area contributed by atoms with E-state index in [4.69, 9.17) is 5.26 Å². The van der Waals surface area contributed by atoms with Crippen molar-refractivity contribution in [3.8, 4) is 6.07 Å². The van der Waals surface area contributed by atoms with E-state index < -0.39 is 6.67 Å². The molecule has 67 valence electrons. The number of nitriles is 1. The van der Waals surface area contributed by atoms with Crippen molar-refractivity contribution in [3.63, 3.8) is 0 Å². The molecule has 0 amide bonds. The summed E-state index contributed by atoms with van der Waals surface area (Å²) in [5.74, 6) is 0.629. The van der Waals surface area contributed by atoms with E-state index in [-0.39, 0.29) is 0 Å². The summed E-state index contributed by atoms with van der Waals surface area (Å²) in [6.07, 6.45) is 0. The van der Waals surface area contributed by atoms with Crippen LogP contribution in [-0.4, -0.2) is 6.67 Å². The molecule has 0 aliphatic carbocycles. The summed E-state index contributed by atoms with van der Waals surface area (Å²) in [6, 6.07) is 7.15. The number of alkyl halides is 1. The van der Waals surface area contributed by atoms with Crippen LogP contribution in [0.2, 0.25) is 0 Å². The van der Waals surface area contributed by atoms with Gasteiger partial charge in [-0.25, -0.2) is 0 Å². The Labute approximate surface area is 85.3 Å². The number of hydrogen-bond donors (Lipinski definition) is 0. The van der Waals surface area contributed by atoms with Gasteiger partial charge in [-0.15, -0.1) is 0 Å². The average molecular weight is 241 g/mol. The van der Waals surface area contributed by atoms with E-state index in [2.05, 4.69) is 15.9 Å². The molecule has 0 saturated carbocycles. The van der Waals surface area contributed by atoms with Gasteiger partial charge in [0.25, 0.3) is 0 Å². The summed E-state index contributed by atoms with van der Waals surface area (Å²) in [5, 5.41) is 8.64. The first kappa shape index (κ1) is 10.2. The van der Waals surface area contributed by atoms with E-state index in [1.807, 2.05) is 6.07 Å². The number of nitrogens with zero attached hydrogens (tertiary/aromatic N) is 1. The van der Waals surface area contributed by atoms with Gasteiger partial charge >= 0.3 is 0 Å². The SMILES string of the molecule is C[C](CF)c1cc(C#N)ccc1Br. The van der Waals surface area contributed by atoms with Gasteiger partial charge in [-0.2, -0.15) is 5.26 Å². The van der Waals surface area contributed by atoms with E-state index in [0.29, 0.717) is 11.5 Å². The lowest BCUT2D eigenvalue weighted by atomic mass is 10.0. The smallest absolute Gasteiger partial charge is 0.0998 e. The number of rotatable bonds is 2. The highest BCUT2D eigenvalue weighted by Crippen LogP contribution is 2.25. The zero-order valence-electron chi connectivity index (χ0n) is 7.14. The van der Waals surface area contributed by atoms with Crippen LogP contribution in [0.25, 0.3) is 0 Å². The fourth-order valence-corrected chi connectivity index (χ4v) is 1.58. The summed E-state index contributed by atoms with van der Waals surface area (Å²) in [6.45, 7) is 1.22. The maximum absolute atomic E-state index is 12.3. The first-order valence-electron chi connectivity index (χ1n) is 3.77. The Morgan fingerprint density at radius 2 is 2.31 bits per heavy atom. The van der Waals surface area contributed by atoms with Crippen LogP contribution in [0, 0.1) is 17.2 Å². The van der Waals surface area contributed by atoms with Crippen molar-refractivity contribution in [3.05, 3.63) is 39.7 Å². The van der Waals surface area contributed by atoms with Crippen LogP contribution >= 0.6 is 15.9 Å². The van der Waals surface area contributed by atoms with Gasteiger partial charge in [-0.05, 0) is 23.8 Å². The van der Waals surface area contributed by atoms with Gasteiger partial charge in [-0.3, -0.25) is 4.39 Å². The molecule has 0 aliphatic heterocycles. The number of halogens is 2. The molecular weight excluding hydrogens is 233 g/mol. The van der Waals surface area contributed by atoms with Crippen molar-refractivity contribution in [2.45, 2.75) is 6.92 Å². The monoisotopic (exact) mass is 240 g/mol. The summed E-state index contributed by atoms with van der Waals surface area (Å²) in [5.41, 5.74) is 1.31. The van der Waals surface area contributed by atoms with Gasteiger partial charge in [0.15, 0.2) is 0 Å². The van der Waals surface area contributed by atoms with Crippen LogP contribution in [0.3, 0.4) is 0 Å². The van der Waals surface area contributed by atoms with Crippen LogP contribution in [-0.2, 0) is 0 Å². The minimum absolute atomic E-state index is 0.493. The molecule has 0 N–H and O–H groups in total. The molecule has 0 aromatic heterocycles. The van der Waals surface area contributed by atoms with Gasteiger partial charge in [0.05, 0.1) is 18.3 Å². The maximum atomic E-state index is 12.3. The molecule has 0 spiro atoms. The lowest BCUT2D eigenvalue weighted by molar-refractivity contribution is 0.515. The zero-order chi connectivity index (χ0) is 9.84. The third-order valence-electron chi connectivity index (χ3n) is 1.76. The highest BCUT2D eigenvalue weighted by Gasteiger charge is 2.10. The Bertz CT molecular complexity index is 343. The Kier molecular flexibility index (Phi) is 3.44. The van der Waals surface area contributed by atoms with Crippen molar-refractivity contribution in [2.24, 2.45) is 0 Å². The molecule has 0 atom stereocenters. The van der Waals surface area contributed by atoms with E-state index in [9.17, 15) is 4.39 Å². The summed E-state index contributed by atoms with van der Waals surface area (Å²) in [4.78, 5) is 0.